The van der Waals surface area contributed by atoms with Crippen molar-refractivity contribution >= 4 is 11.6 Å². The van der Waals surface area contributed by atoms with Gasteiger partial charge in [-0.2, -0.15) is 0 Å². The molecule has 0 aliphatic heterocycles. The molecule has 3 aromatic carbocycles. The van der Waals surface area contributed by atoms with Crippen molar-refractivity contribution in [3.8, 4) is 0 Å². The first-order valence-corrected chi connectivity index (χ1v) is 10.2. The third kappa shape index (κ3) is 5.93. The molecule has 0 aromatic heterocycles. The fraction of sp³-hybridized carbons (Fsp3) is 0.280. The van der Waals surface area contributed by atoms with E-state index in [1.54, 1.807) is 0 Å². The van der Waals surface area contributed by atoms with Gasteiger partial charge in [0.1, 0.15) is 6.10 Å². The Bertz CT molecular complexity index is 829. The zero-order chi connectivity index (χ0) is 19.8. The Morgan fingerprint density at radius 1 is 0.786 bits per heavy atom. The minimum absolute atomic E-state index is 0.111. The average molecular weight is 395 g/mol. The summed E-state index contributed by atoms with van der Waals surface area (Å²) in [4.78, 5) is 0. The van der Waals surface area contributed by atoms with Crippen molar-refractivity contribution in [2.24, 2.45) is 0 Å². The highest BCUT2D eigenvalue weighted by molar-refractivity contribution is 6.30. The lowest BCUT2D eigenvalue weighted by Gasteiger charge is -2.19. The molecule has 0 heterocycles. The molecule has 0 aliphatic rings. The summed E-state index contributed by atoms with van der Waals surface area (Å²) >= 11 is 6.03. The lowest BCUT2D eigenvalue weighted by atomic mass is 10.0. The van der Waals surface area contributed by atoms with Crippen molar-refractivity contribution in [2.45, 2.75) is 38.4 Å². The van der Waals surface area contributed by atoms with Gasteiger partial charge in [-0.3, -0.25) is 0 Å². The molecule has 0 bridgehead atoms. The van der Waals surface area contributed by atoms with Crippen LogP contribution in [-0.2, 0) is 4.74 Å². The standard InChI is InChI=1S/C25H27ClO2/c1-19-10-12-20(13-11-19)24(27)9-5-6-18-28-25(21-7-3-2-4-8-21)22-14-16-23(26)17-15-22/h2-4,7-8,10-17,24-25,27H,5-6,9,18H2,1H3. The van der Waals surface area contributed by atoms with Crippen LogP contribution in [-0.4, -0.2) is 11.7 Å². The van der Waals surface area contributed by atoms with E-state index in [9.17, 15) is 5.11 Å². The lowest BCUT2D eigenvalue weighted by molar-refractivity contribution is 0.0735. The Morgan fingerprint density at radius 3 is 2.07 bits per heavy atom. The third-order valence-electron chi connectivity index (χ3n) is 4.89. The molecule has 146 valence electrons. The van der Waals surface area contributed by atoms with Crippen molar-refractivity contribution in [3.63, 3.8) is 0 Å². The first-order valence-electron chi connectivity index (χ1n) is 9.80. The van der Waals surface area contributed by atoms with Crippen LogP contribution >= 0.6 is 11.6 Å². The van der Waals surface area contributed by atoms with Crippen LogP contribution in [0.4, 0.5) is 0 Å². The van der Waals surface area contributed by atoms with Gasteiger partial charge in [-0.25, -0.2) is 0 Å². The second kappa shape index (κ2) is 10.4. The van der Waals surface area contributed by atoms with E-state index in [2.05, 4.69) is 19.1 Å². The maximum absolute atomic E-state index is 10.3. The van der Waals surface area contributed by atoms with Crippen molar-refractivity contribution in [2.75, 3.05) is 6.61 Å². The third-order valence-corrected chi connectivity index (χ3v) is 5.15. The van der Waals surface area contributed by atoms with Crippen LogP contribution in [0.15, 0.2) is 78.9 Å². The molecular weight excluding hydrogens is 368 g/mol. The quantitative estimate of drug-likeness (QED) is 0.411. The van der Waals surface area contributed by atoms with Crippen molar-refractivity contribution in [3.05, 3.63) is 106 Å². The predicted octanol–water partition coefficient (Wildman–Crippen LogP) is 6.66. The largest absolute Gasteiger partial charge is 0.388 e. The van der Waals surface area contributed by atoms with Crippen LogP contribution < -0.4 is 0 Å². The van der Waals surface area contributed by atoms with Gasteiger partial charge < -0.3 is 9.84 Å². The minimum Gasteiger partial charge on any atom is -0.388 e. The molecule has 3 rings (SSSR count). The van der Waals surface area contributed by atoms with E-state index < -0.39 is 6.10 Å². The van der Waals surface area contributed by atoms with Gasteiger partial charge in [0.15, 0.2) is 0 Å². The number of hydrogen-bond donors (Lipinski definition) is 1. The van der Waals surface area contributed by atoms with Gasteiger partial charge in [-0.15, -0.1) is 0 Å². The van der Waals surface area contributed by atoms with E-state index in [1.165, 1.54) is 5.56 Å². The molecule has 1 N–H and O–H groups in total. The number of hydrogen-bond acceptors (Lipinski definition) is 2. The number of aryl methyl sites for hydroxylation is 1. The topological polar surface area (TPSA) is 29.5 Å². The van der Waals surface area contributed by atoms with Gasteiger partial charge in [0.25, 0.3) is 0 Å². The first kappa shape index (κ1) is 20.6. The van der Waals surface area contributed by atoms with Gasteiger partial charge in [0.2, 0.25) is 0 Å². The van der Waals surface area contributed by atoms with E-state index in [4.69, 9.17) is 16.3 Å². The summed E-state index contributed by atoms with van der Waals surface area (Å²) in [5.74, 6) is 0. The molecule has 28 heavy (non-hydrogen) atoms. The number of aliphatic hydroxyl groups is 1. The fourth-order valence-corrected chi connectivity index (χ4v) is 3.37. The second-order valence-electron chi connectivity index (χ2n) is 7.14. The van der Waals surface area contributed by atoms with E-state index in [0.717, 1.165) is 41.0 Å². The predicted molar refractivity (Wildman–Crippen MR) is 116 cm³/mol. The molecule has 2 nitrogen and oxygen atoms in total. The molecule has 0 spiro atoms. The zero-order valence-electron chi connectivity index (χ0n) is 16.2. The highest BCUT2D eigenvalue weighted by atomic mass is 35.5. The molecule has 0 amide bonds. The normalized spacial score (nSPS) is 13.2. The van der Waals surface area contributed by atoms with Gasteiger partial charge in [0.05, 0.1) is 6.10 Å². The Hall–Kier alpha value is -2.13. The Morgan fingerprint density at radius 2 is 1.39 bits per heavy atom. The van der Waals surface area contributed by atoms with Crippen LogP contribution in [0.3, 0.4) is 0 Å². The summed E-state index contributed by atoms with van der Waals surface area (Å²) in [5, 5.41) is 11.1. The number of unbranched alkanes of at least 4 members (excludes halogenated alkanes) is 1. The highest BCUT2D eigenvalue weighted by Gasteiger charge is 2.14. The number of aliphatic hydroxyl groups excluding tert-OH is 1. The second-order valence-corrected chi connectivity index (χ2v) is 7.57. The van der Waals surface area contributed by atoms with E-state index in [0.29, 0.717) is 6.61 Å². The van der Waals surface area contributed by atoms with Crippen molar-refractivity contribution in [1.82, 2.24) is 0 Å². The summed E-state index contributed by atoms with van der Waals surface area (Å²) < 4.78 is 6.23. The van der Waals surface area contributed by atoms with Gasteiger partial charge >= 0.3 is 0 Å². The maximum Gasteiger partial charge on any atom is 0.108 e. The monoisotopic (exact) mass is 394 g/mol. The van der Waals surface area contributed by atoms with Crippen LogP contribution in [0.2, 0.25) is 5.02 Å². The first-order chi connectivity index (χ1) is 13.6. The molecule has 0 saturated carbocycles. The summed E-state index contributed by atoms with van der Waals surface area (Å²) in [6.45, 7) is 2.69. The molecule has 2 atom stereocenters. The van der Waals surface area contributed by atoms with E-state index in [1.807, 2.05) is 66.7 Å². The lowest BCUT2D eigenvalue weighted by Crippen LogP contribution is -2.08. The summed E-state index contributed by atoms with van der Waals surface area (Å²) in [6, 6.07) is 26.1. The molecule has 3 aromatic rings. The van der Waals surface area contributed by atoms with Crippen LogP contribution in [0.5, 0.6) is 0 Å². The summed E-state index contributed by atoms with van der Waals surface area (Å²) in [7, 11) is 0. The molecule has 0 saturated heterocycles. The Balaban J connectivity index is 1.52. The molecule has 0 radical (unpaired) electrons. The maximum atomic E-state index is 10.3. The number of halogens is 1. The molecule has 0 fully saturated rings. The minimum atomic E-state index is -0.415. The number of ether oxygens (including phenoxy) is 1. The van der Waals surface area contributed by atoms with Gasteiger partial charge in [-0.1, -0.05) is 83.9 Å². The summed E-state index contributed by atoms with van der Waals surface area (Å²) in [6.07, 6.45) is 2.03. The SMILES string of the molecule is Cc1ccc(C(O)CCCCOC(c2ccccc2)c2ccc(Cl)cc2)cc1. The Labute approximate surface area is 172 Å². The van der Waals surface area contributed by atoms with Gasteiger partial charge in [0, 0.05) is 11.6 Å². The molecular formula is C25H27ClO2. The van der Waals surface area contributed by atoms with E-state index in [-0.39, 0.29) is 6.10 Å². The van der Waals surface area contributed by atoms with Crippen molar-refractivity contribution in [1.29, 1.82) is 0 Å². The average Bonchev–Trinajstić information content (AvgIpc) is 2.72. The van der Waals surface area contributed by atoms with Gasteiger partial charge in [-0.05, 0) is 55.0 Å². The molecule has 0 aliphatic carbocycles. The number of rotatable bonds is 9. The number of benzene rings is 3. The van der Waals surface area contributed by atoms with Crippen molar-refractivity contribution < 1.29 is 9.84 Å². The molecule has 3 heteroatoms. The Kier molecular flexibility index (Phi) is 7.67. The fourth-order valence-electron chi connectivity index (χ4n) is 3.25. The molecule has 2 unspecified atom stereocenters. The van der Waals surface area contributed by atoms with Crippen LogP contribution in [0.25, 0.3) is 0 Å². The highest BCUT2D eigenvalue weighted by Crippen LogP contribution is 2.28. The van der Waals surface area contributed by atoms with Crippen LogP contribution in [0.1, 0.15) is 53.7 Å². The van der Waals surface area contributed by atoms with E-state index >= 15 is 0 Å². The summed E-state index contributed by atoms with van der Waals surface area (Å²) in [5.41, 5.74) is 4.41. The smallest absolute Gasteiger partial charge is 0.108 e. The van der Waals surface area contributed by atoms with Crippen LogP contribution in [0, 0.1) is 6.92 Å². The zero-order valence-corrected chi connectivity index (χ0v) is 17.0.